The number of nitrogens with one attached hydrogen (secondary N) is 3. The van der Waals surface area contributed by atoms with Crippen molar-refractivity contribution in [2.75, 3.05) is 18.4 Å². The minimum Gasteiger partial charge on any atom is -0.350 e. The highest BCUT2D eigenvalue weighted by Crippen LogP contribution is 2.29. The van der Waals surface area contributed by atoms with Gasteiger partial charge in [0.15, 0.2) is 0 Å². The average Bonchev–Trinajstić information content (AvgIpc) is 2.82. The molecule has 3 aromatic rings. The molecule has 0 aromatic heterocycles. The van der Waals surface area contributed by atoms with E-state index in [-0.39, 0.29) is 30.5 Å². The van der Waals surface area contributed by atoms with Crippen LogP contribution in [0, 0.1) is 0 Å². The summed E-state index contributed by atoms with van der Waals surface area (Å²) in [6.45, 7) is 0.477. The SMILES string of the molecule is O=C(NCCNC(=O)c1ccc(NC(=O)c2ccc(C(F)(F)F)cc2)cc1)c1ccccc1. The van der Waals surface area contributed by atoms with Crippen molar-refractivity contribution in [3.8, 4) is 0 Å². The van der Waals surface area contributed by atoms with Crippen LogP contribution in [-0.4, -0.2) is 30.8 Å². The van der Waals surface area contributed by atoms with E-state index in [1.54, 1.807) is 24.3 Å². The van der Waals surface area contributed by atoms with E-state index in [2.05, 4.69) is 16.0 Å². The second-order valence-corrected chi connectivity index (χ2v) is 6.98. The lowest BCUT2D eigenvalue weighted by atomic mass is 10.1. The molecule has 33 heavy (non-hydrogen) atoms. The summed E-state index contributed by atoms with van der Waals surface area (Å²) in [6, 6.07) is 18.6. The molecule has 170 valence electrons. The number of anilines is 1. The van der Waals surface area contributed by atoms with Gasteiger partial charge in [0.1, 0.15) is 0 Å². The molecule has 0 fully saturated rings. The van der Waals surface area contributed by atoms with Crippen molar-refractivity contribution < 1.29 is 27.6 Å². The first-order chi connectivity index (χ1) is 15.7. The number of halogens is 3. The van der Waals surface area contributed by atoms with Crippen molar-refractivity contribution in [3.05, 3.63) is 101 Å². The van der Waals surface area contributed by atoms with E-state index in [4.69, 9.17) is 0 Å². The molecule has 0 spiro atoms. The number of rotatable bonds is 7. The second kappa shape index (κ2) is 10.4. The molecule has 3 amide bonds. The largest absolute Gasteiger partial charge is 0.416 e. The van der Waals surface area contributed by atoms with Crippen molar-refractivity contribution >= 4 is 23.4 Å². The van der Waals surface area contributed by atoms with Crippen LogP contribution < -0.4 is 16.0 Å². The van der Waals surface area contributed by atoms with Gasteiger partial charge in [-0.2, -0.15) is 13.2 Å². The van der Waals surface area contributed by atoms with E-state index in [9.17, 15) is 27.6 Å². The van der Waals surface area contributed by atoms with E-state index in [0.29, 0.717) is 16.8 Å². The number of hydrogen-bond acceptors (Lipinski definition) is 3. The maximum absolute atomic E-state index is 12.6. The number of hydrogen-bond donors (Lipinski definition) is 3. The lowest BCUT2D eigenvalue weighted by Crippen LogP contribution is -2.34. The Labute approximate surface area is 187 Å². The number of carbonyl (C=O) groups is 3. The van der Waals surface area contributed by atoms with E-state index in [1.807, 2.05) is 6.07 Å². The third-order valence-electron chi connectivity index (χ3n) is 4.61. The van der Waals surface area contributed by atoms with Gasteiger partial charge in [0.25, 0.3) is 17.7 Å². The number of amides is 3. The third kappa shape index (κ3) is 6.67. The zero-order valence-electron chi connectivity index (χ0n) is 17.3. The zero-order valence-corrected chi connectivity index (χ0v) is 17.3. The van der Waals surface area contributed by atoms with E-state index in [1.165, 1.54) is 24.3 Å². The number of benzene rings is 3. The molecule has 6 nitrogen and oxygen atoms in total. The first-order valence-electron chi connectivity index (χ1n) is 9.94. The second-order valence-electron chi connectivity index (χ2n) is 6.98. The molecular formula is C24H20F3N3O3. The van der Waals surface area contributed by atoms with Crippen LogP contribution >= 0.6 is 0 Å². The fourth-order valence-electron chi connectivity index (χ4n) is 2.86. The molecule has 0 bridgehead atoms. The molecule has 0 unspecified atom stereocenters. The fourth-order valence-corrected chi connectivity index (χ4v) is 2.86. The molecule has 0 aliphatic heterocycles. The highest BCUT2D eigenvalue weighted by molar-refractivity contribution is 6.04. The van der Waals surface area contributed by atoms with Crippen LogP contribution in [0.15, 0.2) is 78.9 Å². The first kappa shape index (κ1) is 23.5. The molecule has 9 heteroatoms. The number of alkyl halides is 3. The highest BCUT2D eigenvalue weighted by Gasteiger charge is 2.30. The van der Waals surface area contributed by atoms with Crippen molar-refractivity contribution in [3.63, 3.8) is 0 Å². The van der Waals surface area contributed by atoms with Crippen molar-refractivity contribution in [1.82, 2.24) is 10.6 Å². The fraction of sp³-hybridized carbons (Fsp3) is 0.125. The van der Waals surface area contributed by atoms with Gasteiger partial charge in [-0.3, -0.25) is 14.4 Å². The van der Waals surface area contributed by atoms with Crippen molar-refractivity contribution in [1.29, 1.82) is 0 Å². The Hall–Kier alpha value is -4.14. The molecule has 0 saturated carbocycles. The monoisotopic (exact) mass is 455 g/mol. The normalized spacial score (nSPS) is 10.9. The molecule has 0 radical (unpaired) electrons. The Morgan fingerprint density at radius 2 is 1.06 bits per heavy atom. The molecule has 0 aliphatic rings. The molecule has 3 rings (SSSR count). The van der Waals surface area contributed by atoms with Gasteiger partial charge in [-0.05, 0) is 60.7 Å². The van der Waals surface area contributed by atoms with Gasteiger partial charge in [-0.25, -0.2) is 0 Å². The maximum Gasteiger partial charge on any atom is 0.416 e. The summed E-state index contributed by atoms with van der Waals surface area (Å²) in [5.41, 5.74) is 0.484. The summed E-state index contributed by atoms with van der Waals surface area (Å²) in [7, 11) is 0. The van der Waals surface area contributed by atoms with Gasteiger partial charge in [0.2, 0.25) is 0 Å². The lowest BCUT2D eigenvalue weighted by molar-refractivity contribution is -0.137. The van der Waals surface area contributed by atoms with Crippen LogP contribution in [0.25, 0.3) is 0 Å². The summed E-state index contributed by atoms with van der Waals surface area (Å²) >= 11 is 0. The quantitative estimate of drug-likeness (QED) is 0.469. The Morgan fingerprint density at radius 3 is 1.58 bits per heavy atom. The molecule has 0 atom stereocenters. The molecule has 0 saturated heterocycles. The van der Waals surface area contributed by atoms with E-state index in [0.717, 1.165) is 24.3 Å². The van der Waals surface area contributed by atoms with Gasteiger partial charge in [-0.1, -0.05) is 18.2 Å². The van der Waals surface area contributed by atoms with Crippen LogP contribution in [-0.2, 0) is 6.18 Å². The van der Waals surface area contributed by atoms with Gasteiger partial charge >= 0.3 is 6.18 Å². The van der Waals surface area contributed by atoms with Gasteiger partial charge in [-0.15, -0.1) is 0 Å². The van der Waals surface area contributed by atoms with Crippen LogP contribution in [0.3, 0.4) is 0 Å². The molecule has 0 aliphatic carbocycles. The predicted molar refractivity (Wildman–Crippen MR) is 117 cm³/mol. The minimum absolute atomic E-state index is 0.0716. The summed E-state index contributed by atoms with van der Waals surface area (Å²) in [5, 5.41) is 7.94. The van der Waals surface area contributed by atoms with Crippen LogP contribution in [0.5, 0.6) is 0 Å². The summed E-state index contributed by atoms with van der Waals surface area (Å²) in [4.78, 5) is 36.4. The summed E-state index contributed by atoms with van der Waals surface area (Å²) in [5.74, 6) is -1.17. The van der Waals surface area contributed by atoms with Gasteiger partial charge in [0.05, 0.1) is 5.56 Å². The number of carbonyl (C=O) groups excluding carboxylic acids is 3. The van der Waals surface area contributed by atoms with Crippen LogP contribution in [0.2, 0.25) is 0 Å². The minimum atomic E-state index is -4.47. The van der Waals surface area contributed by atoms with Gasteiger partial charge < -0.3 is 16.0 Å². The lowest BCUT2D eigenvalue weighted by Gasteiger charge is -2.09. The Balaban J connectivity index is 1.46. The van der Waals surface area contributed by atoms with E-state index >= 15 is 0 Å². The predicted octanol–water partition coefficient (Wildman–Crippen LogP) is 4.12. The first-order valence-corrected chi connectivity index (χ1v) is 9.94. The average molecular weight is 455 g/mol. The van der Waals surface area contributed by atoms with Crippen LogP contribution in [0.1, 0.15) is 36.6 Å². The Kier molecular flexibility index (Phi) is 7.45. The molecular weight excluding hydrogens is 435 g/mol. The smallest absolute Gasteiger partial charge is 0.350 e. The van der Waals surface area contributed by atoms with Gasteiger partial charge in [0, 0.05) is 35.5 Å². The maximum atomic E-state index is 12.6. The standard InChI is InChI=1S/C24H20F3N3O3/c25-24(26,27)19-10-6-18(7-11-19)23(33)30-20-12-8-17(9-13-20)22(32)29-15-14-28-21(31)16-4-2-1-3-5-16/h1-13H,14-15H2,(H,28,31)(H,29,32)(H,30,33). The highest BCUT2D eigenvalue weighted by atomic mass is 19.4. The van der Waals surface area contributed by atoms with E-state index < -0.39 is 17.6 Å². The van der Waals surface area contributed by atoms with Crippen LogP contribution in [0.4, 0.5) is 18.9 Å². The Bertz CT molecular complexity index is 1110. The third-order valence-corrected chi connectivity index (χ3v) is 4.61. The summed E-state index contributed by atoms with van der Waals surface area (Å²) < 4.78 is 37.9. The molecule has 3 aromatic carbocycles. The molecule has 0 heterocycles. The zero-order chi connectivity index (χ0) is 23.8. The molecule has 3 N–H and O–H groups in total. The van der Waals surface area contributed by atoms with Crippen molar-refractivity contribution in [2.24, 2.45) is 0 Å². The topological polar surface area (TPSA) is 87.3 Å². The van der Waals surface area contributed by atoms with Crippen molar-refractivity contribution in [2.45, 2.75) is 6.18 Å². The summed E-state index contributed by atoms with van der Waals surface area (Å²) in [6.07, 6.45) is -4.47. The Morgan fingerprint density at radius 1 is 0.606 bits per heavy atom.